The van der Waals surface area contributed by atoms with Crippen LogP contribution in [0.1, 0.15) is 17.3 Å². The number of nitrogens with one attached hydrogen (secondary N) is 2. The third kappa shape index (κ3) is 5.81. The summed E-state index contributed by atoms with van der Waals surface area (Å²) in [6, 6.07) is 9.34. The van der Waals surface area contributed by atoms with E-state index in [-0.39, 0.29) is 28.7 Å². The molecule has 1 fully saturated rings. The molecule has 1 amide bonds. The average Bonchev–Trinajstić information content (AvgIpc) is 2.74. The molecular formula is C20H21ClN4O5S. The largest absolute Gasteiger partial charge is 0.487 e. The van der Waals surface area contributed by atoms with Crippen molar-refractivity contribution in [2.24, 2.45) is 0 Å². The summed E-state index contributed by atoms with van der Waals surface area (Å²) < 4.78 is 10.6. The summed E-state index contributed by atoms with van der Waals surface area (Å²) in [5, 5.41) is 17.4. The SMILES string of the molecule is CCOc1ccc(C(=O)NC(=S)Nc2cc(Cl)ccc2N2CCOCC2)cc1[N+](=O)[O-]. The molecule has 0 aliphatic carbocycles. The van der Waals surface area contributed by atoms with Crippen LogP contribution in [0.5, 0.6) is 5.75 Å². The zero-order valence-corrected chi connectivity index (χ0v) is 18.3. The quantitative estimate of drug-likeness (QED) is 0.379. The van der Waals surface area contributed by atoms with Crippen LogP contribution in [-0.4, -0.2) is 48.9 Å². The van der Waals surface area contributed by atoms with Crippen LogP contribution in [0.25, 0.3) is 0 Å². The van der Waals surface area contributed by atoms with Crippen LogP contribution in [0.4, 0.5) is 17.1 Å². The molecule has 2 aromatic rings. The number of anilines is 2. The molecular weight excluding hydrogens is 444 g/mol. The predicted octanol–water partition coefficient (Wildman–Crippen LogP) is 3.61. The number of carbonyl (C=O) groups excluding carboxylic acids is 1. The van der Waals surface area contributed by atoms with Crippen molar-refractivity contribution in [1.29, 1.82) is 0 Å². The lowest BCUT2D eigenvalue weighted by molar-refractivity contribution is -0.385. The van der Waals surface area contributed by atoms with Gasteiger partial charge in [-0.25, -0.2) is 0 Å². The number of benzene rings is 2. The van der Waals surface area contributed by atoms with Crippen molar-refractivity contribution < 1.29 is 19.2 Å². The molecule has 164 valence electrons. The van der Waals surface area contributed by atoms with Crippen LogP contribution >= 0.6 is 23.8 Å². The third-order valence-electron chi connectivity index (χ3n) is 4.50. The standard InChI is InChI=1S/C20H21ClN4O5S/c1-2-30-18-6-3-13(11-17(18)25(27)28)19(26)23-20(31)22-15-12-14(21)4-5-16(15)24-7-9-29-10-8-24/h3-6,11-12H,2,7-10H2,1H3,(H2,22,23,26,31). The third-order valence-corrected chi connectivity index (χ3v) is 4.94. The summed E-state index contributed by atoms with van der Waals surface area (Å²) in [4.78, 5) is 25.4. The molecule has 0 spiro atoms. The number of hydrogen-bond donors (Lipinski definition) is 2. The molecule has 2 N–H and O–H groups in total. The Balaban J connectivity index is 1.74. The molecule has 1 aliphatic rings. The van der Waals surface area contributed by atoms with Gasteiger partial charge in [0, 0.05) is 29.7 Å². The molecule has 2 aromatic carbocycles. The highest BCUT2D eigenvalue weighted by Crippen LogP contribution is 2.30. The number of carbonyl (C=O) groups is 1. The van der Waals surface area contributed by atoms with E-state index in [1.54, 1.807) is 19.1 Å². The lowest BCUT2D eigenvalue weighted by Crippen LogP contribution is -2.38. The smallest absolute Gasteiger partial charge is 0.311 e. The van der Waals surface area contributed by atoms with Gasteiger partial charge in [0.1, 0.15) is 0 Å². The normalized spacial score (nSPS) is 13.4. The van der Waals surface area contributed by atoms with E-state index < -0.39 is 10.8 Å². The second-order valence-electron chi connectivity index (χ2n) is 6.54. The number of ether oxygens (including phenoxy) is 2. The zero-order chi connectivity index (χ0) is 22.4. The molecule has 0 saturated carbocycles. The van der Waals surface area contributed by atoms with Crippen molar-refractivity contribution >= 4 is 51.9 Å². The first-order valence-electron chi connectivity index (χ1n) is 9.55. The molecule has 1 saturated heterocycles. The fraction of sp³-hybridized carbons (Fsp3) is 0.300. The highest BCUT2D eigenvalue weighted by molar-refractivity contribution is 7.80. The minimum Gasteiger partial charge on any atom is -0.487 e. The maximum absolute atomic E-state index is 12.6. The zero-order valence-electron chi connectivity index (χ0n) is 16.7. The van der Waals surface area contributed by atoms with E-state index in [0.717, 1.165) is 11.8 Å². The lowest BCUT2D eigenvalue weighted by Gasteiger charge is -2.30. The van der Waals surface area contributed by atoms with Crippen molar-refractivity contribution in [2.75, 3.05) is 43.1 Å². The molecule has 1 heterocycles. The molecule has 0 radical (unpaired) electrons. The Morgan fingerprint density at radius 1 is 1.29 bits per heavy atom. The van der Waals surface area contributed by atoms with Crippen LogP contribution in [0, 0.1) is 10.1 Å². The van der Waals surface area contributed by atoms with E-state index in [2.05, 4.69) is 15.5 Å². The Kier molecular flexibility index (Phi) is 7.61. The summed E-state index contributed by atoms with van der Waals surface area (Å²) in [5.41, 5.74) is 1.30. The van der Waals surface area contributed by atoms with Gasteiger partial charge >= 0.3 is 5.69 Å². The lowest BCUT2D eigenvalue weighted by atomic mass is 10.1. The van der Waals surface area contributed by atoms with Gasteiger partial charge in [-0.2, -0.15) is 0 Å². The molecule has 0 aromatic heterocycles. The molecule has 1 aliphatic heterocycles. The Hall–Kier alpha value is -2.95. The summed E-state index contributed by atoms with van der Waals surface area (Å²) in [5.74, 6) is -0.488. The monoisotopic (exact) mass is 464 g/mol. The summed E-state index contributed by atoms with van der Waals surface area (Å²) in [7, 11) is 0. The van der Waals surface area contributed by atoms with Crippen molar-refractivity contribution in [3.63, 3.8) is 0 Å². The number of rotatable bonds is 6. The molecule has 31 heavy (non-hydrogen) atoms. The Morgan fingerprint density at radius 3 is 2.71 bits per heavy atom. The van der Waals surface area contributed by atoms with Crippen molar-refractivity contribution in [3.05, 3.63) is 57.1 Å². The van der Waals surface area contributed by atoms with Crippen molar-refractivity contribution in [2.45, 2.75) is 6.92 Å². The van der Waals surface area contributed by atoms with Gasteiger partial charge in [-0.15, -0.1) is 0 Å². The minimum absolute atomic E-state index is 0.0401. The Bertz CT molecular complexity index is 998. The Labute approximate surface area is 189 Å². The number of nitro groups is 1. The van der Waals surface area contributed by atoms with Crippen LogP contribution in [-0.2, 0) is 4.74 Å². The average molecular weight is 465 g/mol. The van der Waals surface area contributed by atoms with Crippen LogP contribution in [0.2, 0.25) is 5.02 Å². The first kappa shape index (κ1) is 22.7. The molecule has 0 bridgehead atoms. The second-order valence-corrected chi connectivity index (χ2v) is 7.39. The maximum Gasteiger partial charge on any atom is 0.311 e. The fourth-order valence-electron chi connectivity index (χ4n) is 3.10. The number of thiocarbonyl (C=S) groups is 1. The molecule has 11 heteroatoms. The van der Waals surface area contributed by atoms with Crippen LogP contribution < -0.4 is 20.3 Å². The van der Waals surface area contributed by atoms with Gasteiger partial charge in [0.15, 0.2) is 10.9 Å². The maximum atomic E-state index is 12.6. The second kappa shape index (κ2) is 10.4. The molecule has 0 atom stereocenters. The fourth-order valence-corrected chi connectivity index (χ4v) is 3.47. The van der Waals surface area contributed by atoms with E-state index in [0.29, 0.717) is 37.0 Å². The molecule has 9 nitrogen and oxygen atoms in total. The Morgan fingerprint density at radius 2 is 2.03 bits per heavy atom. The number of morpholine rings is 1. The molecule has 3 rings (SSSR count). The van der Waals surface area contributed by atoms with Crippen LogP contribution in [0.15, 0.2) is 36.4 Å². The summed E-state index contributed by atoms with van der Waals surface area (Å²) >= 11 is 11.4. The van der Waals surface area contributed by atoms with E-state index in [4.69, 9.17) is 33.3 Å². The molecule has 0 unspecified atom stereocenters. The highest BCUT2D eigenvalue weighted by atomic mass is 35.5. The number of halogens is 1. The van der Waals surface area contributed by atoms with E-state index >= 15 is 0 Å². The van der Waals surface area contributed by atoms with Gasteiger partial charge < -0.3 is 19.7 Å². The van der Waals surface area contributed by atoms with Gasteiger partial charge in [0.05, 0.1) is 36.1 Å². The van der Waals surface area contributed by atoms with E-state index in [9.17, 15) is 14.9 Å². The van der Waals surface area contributed by atoms with Gasteiger partial charge in [-0.1, -0.05) is 11.6 Å². The first-order valence-corrected chi connectivity index (χ1v) is 10.3. The van der Waals surface area contributed by atoms with Gasteiger partial charge in [-0.05, 0) is 49.5 Å². The minimum atomic E-state index is -0.598. The number of amides is 1. The van der Waals surface area contributed by atoms with E-state index in [1.165, 1.54) is 12.1 Å². The number of nitrogens with zero attached hydrogens (tertiary/aromatic N) is 2. The summed E-state index contributed by atoms with van der Waals surface area (Å²) in [6.45, 7) is 4.64. The van der Waals surface area contributed by atoms with Gasteiger partial charge in [-0.3, -0.25) is 20.2 Å². The van der Waals surface area contributed by atoms with Crippen molar-refractivity contribution in [3.8, 4) is 5.75 Å². The van der Waals surface area contributed by atoms with Gasteiger partial charge in [0.25, 0.3) is 5.91 Å². The van der Waals surface area contributed by atoms with Gasteiger partial charge in [0.2, 0.25) is 0 Å². The predicted molar refractivity (Wildman–Crippen MR) is 122 cm³/mol. The summed E-state index contributed by atoms with van der Waals surface area (Å²) in [6.07, 6.45) is 0. The number of nitro benzene ring substituents is 1. The number of hydrogen-bond acceptors (Lipinski definition) is 7. The first-order chi connectivity index (χ1) is 14.9. The highest BCUT2D eigenvalue weighted by Gasteiger charge is 2.20. The van der Waals surface area contributed by atoms with E-state index in [1.807, 2.05) is 6.07 Å². The topological polar surface area (TPSA) is 106 Å². The van der Waals surface area contributed by atoms with Crippen LogP contribution in [0.3, 0.4) is 0 Å². The van der Waals surface area contributed by atoms with Crippen molar-refractivity contribution in [1.82, 2.24) is 5.32 Å².